The molecule has 124 valence electrons. The molecule has 0 spiro atoms. The number of amides is 1. The van der Waals surface area contributed by atoms with Crippen LogP contribution in [-0.4, -0.2) is 27.6 Å². The van der Waals surface area contributed by atoms with E-state index in [9.17, 15) is 4.79 Å². The maximum Gasteiger partial charge on any atom is 0.272 e. The van der Waals surface area contributed by atoms with Crippen molar-refractivity contribution >= 4 is 30.7 Å². The molecule has 6 nitrogen and oxygen atoms in total. The fourth-order valence-corrected chi connectivity index (χ4v) is 2.56. The Bertz CT molecular complexity index is 666. The summed E-state index contributed by atoms with van der Waals surface area (Å²) >= 11 is 0. The number of fused-ring (bicyclic) bond motifs is 1. The minimum absolute atomic E-state index is 0. The average Bonchev–Trinajstić information content (AvgIpc) is 2.54. The lowest BCUT2D eigenvalue weighted by molar-refractivity contribution is 0.0944. The molecule has 0 fully saturated rings. The van der Waals surface area contributed by atoms with Crippen LogP contribution in [0.2, 0.25) is 0 Å². The molecule has 8 heteroatoms. The van der Waals surface area contributed by atoms with Crippen molar-refractivity contribution in [2.24, 2.45) is 0 Å². The van der Waals surface area contributed by atoms with Crippen molar-refractivity contribution in [3.8, 4) is 0 Å². The normalized spacial score (nSPS) is 12.4. The van der Waals surface area contributed by atoms with Crippen LogP contribution < -0.4 is 10.6 Å². The zero-order valence-electron chi connectivity index (χ0n) is 12.7. The van der Waals surface area contributed by atoms with Gasteiger partial charge in [0.1, 0.15) is 0 Å². The monoisotopic (exact) mass is 355 g/mol. The summed E-state index contributed by atoms with van der Waals surface area (Å²) < 4.78 is 0. The van der Waals surface area contributed by atoms with E-state index in [1.54, 1.807) is 18.3 Å². The van der Waals surface area contributed by atoms with Crippen LogP contribution in [0.3, 0.4) is 0 Å². The molecular weight excluding hydrogens is 337 g/mol. The summed E-state index contributed by atoms with van der Waals surface area (Å²) in [6, 6.07) is 3.35. The first-order valence-corrected chi connectivity index (χ1v) is 6.98. The standard InChI is InChI=1S/C15H17N5O.2ClH/c1-10-13(12-4-6-16-7-11(12)8-17-10)9-18-15(21)14-3-2-5-19-20-14;;/h2-3,5,8,16H,4,6-7,9H2,1H3,(H,18,21);2*1H. The number of pyridine rings is 1. The van der Waals surface area contributed by atoms with Gasteiger partial charge in [0.15, 0.2) is 5.69 Å². The fraction of sp³-hybridized carbons (Fsp3) is 0.333. The molecule has 2 aromatic rings. The molecule has 0 aliphatic carbocycles. The Morgan fingerprint density at radius 1 is 1.39 bits per heavy atom. The second-order valence-electron chi connectivity index (χ2n) is 5.04. The van der Waals surface area contributed by atoms with Crippen LogP contribution in [0.1, 0.15) is 32.9 Å². The molecular formula is C15H19Cl2N5O. The quantitative estimate of drug-likeness (QED) is 0.873. The summed E-state index contributed by atoms with van der Waals surface area (Å²) in [5, 5.41) is 13.8. The van der Waals surface area contributed by atoms with Gasteiger partial charge >= 0.3 is 0 Å². The van der Waals surface area contributed by atoms with Crippen molar-refractivity contribution in [1.82, 2.24) is 25.8 Å². The predicted octanol–water partition coefficient (Wildman–Crippen LogP) is 1.60. The van der Waals surface area contributed by atoms with Gasteiger partial charge in [0.25, 0.3) is 5.91 Å². The molecule has 3 heterocycles. The molecule has 2 N–H and O–H groups in total. The Morgan fingerprint density at radius 3 is 2.96 bits per heavy atom. The Hall–Kier alpha value is -1.76. The van der Waals surface area contributed by atoms with Crippen LogP contribution in [0.4, 0.5) is 0 Å². The van der Waals surface area contributed by atoms with Crippen LogP contribution in [0.15, 0.2) is 24.5 Å². The number of hydrogen-bond donors (Lipinski definition) is 2. The van der Waals surface area contributed by atoms with Crippen molar-refractivity contribution in [3.63, 3.8) is 0 Å². The summed E-state index contributed by atoms with van der Waals surface area (Å²) in [7, 11) is 0. The molecule has 3 rings (SSSR count). The van der Waals surface area contributed by atoms with Gasteiger partial charge in [-0.05, 0) is 48.7 Å². The molecule has 0 saturated heterocycles. The van der Waals surface area contributed by atoms with Crippen molar-refractivity contribution in [2.75, 3.05) is 6.54 Å². The molecule has 1 aliphatic heterocycles. The summed E-state index contributed by atoms with van der Waals surface area (Å²) in [4.78, 5) is 16.5. The number of carbonyl (C=O) groups is 1. The van der Waals surface area contributed by atoms with E-state index in [1.807, 2.05) is 13.1 Å². The zero-order valence-corrected chi connectivity index (χ0v) is 14.3. The number of hydrogen-bond acceptors (Lipinski definition) is 5. The predicted molar refractivity (Wildman–Crippen MR) is 92.1 cm³/mol. The molecule has 0 saturated carbocycles. The first-order valence-electron chi connectivity index (χ1n) is 6.98. The Labute approximate surface area is 147 Å². The van der Waals surface area contributed by atoms with Crippen LogP contribution in [0.5, 0.6) is 0 Å². The molecule has 2 aromatic heterocycles. The second-order valence-corrected chi connectivity index (χ2v) is 5.04. The lowest BCUT2D eigenvalue weighted by Crippen LogP contribution is -2.29. The molecule has 0 unspecified atom stereocenters. The number of aryl methyl sites for hydroxylation is 1. The van der Waals surface area contributed by atoms with E-state index in [0.717, 1.165) is 30.8 Å². The number of nitrogens with one attached hydrogen (secondary N) is 2. The largest absolute Gasteiger partial charge is 0.346 e. The Kier molecular flexibility index (Phi) is 7.35. The summed E-state index contributed by atoms with van der Waals surface area (Å²) in [6.45, 7) is 4.25. The van der Waals surface area contributed by atoms with E-state index in [-0.39, 0.29) is 30.7 Å². The van der Waals surface area contributed by atoms with E-state index in [1.165, 1.54) is 11.1 Å². The highest BCUT2D eigenvalue weighted by Gasteiger charge is 2.16. The van der Waals surface area contributed by atoms with Crippen LogP contribution in [0, 0.1) is 6.92 Å². The van der Waals surface area contributed by atoms with Crippen LogP contribution in [-0.2, 0) is 19.5 Å². The number of rotatable bonds is 3. The third kappa shape index (κ3) is 4.37. The number of nitrogens with zero attached hydrogens (tertiary/aromatic N) is 3. The molecule has 0 radical (unpaired) electrons. The van der Waals surface area contributed by atoms with Gasteiger partial charge in [-0.3, -0.25) is 9.78 Å². The average molecular weight is 356 g/mol. The maximum absolute atomic E-state index is 12.1. The van der Waals surface area contributed by atoms with Gasteiger partial charge in [0.05, 0.1) is 0 Å². The Morgan fingerprint density at radius 2 is 2.22 bits per heavy atom. The van der Waals surface area contributed by atoms with Gasteiger partial charge in [0.2, 0.25) is 0 Å². The third-order valence-electron chi connectivity index (χ3n) is 3.70. The lowest BCUT2D eigenvalue weighted by atomic mass is 9.96. The summed E-state index contributed by atoms with van der Waals surface area (Å²) in [5.41, 5.74) is 4.94. The van der Waals surface area contributed by atoms with Crippen molar-refractivity contribution in [3.05, 3.63) is 52.6 Å². The molecule has 0 bridgehead atoms. The first-order chi connectivity index (χ1) is 10.3. The van der Waals surface area contributed by atoms with E-state index < -0.39 is 0 Å². The highest BCUT2D eigenvalue weighted by molar-refractivity contribution is 5.91. The molecule has 1 aliphatic rings. The van der Waals surface area contributed by atoms with Gasteiger partial charge in [-0.25, -0.2) is 0 Å². The SMILES string of the molecule is Cc1ncc2c(c1CNC(=O)c1cccnn1)CCNC2.Cl.Cl. The summed E-state index contributed by atoms with van der Waals surface area (Å²) in [5.74, 6) is -0.214. The van der Waals surface area contributed by atoms with E-state index in [0.29, 0.717) is 12.2 Å². The minimum atomic E-state index is -0.214. The van der Waals surface area contributed by atoms with Gasteiger partial charge in [-0.15, -0.1) is 29.9 Å². The second kappa shape index (κ2) is 8.76. The highest BCUT2D eigenvalue weighted by atomic mass is 35.5. The van der Waals surface area contributed by atoms with Crippen molar-refractivity contribution in [2.45, 2.75) is 26.4 Å². The van der Waals surface area contributed by atoms with Crippen molar-refractivity contribution < 1.29 is 4.79 Å². The van der Waals surface area contributed by atoms with Crippen LogP contribution >= 0.6 is 24.8 Å². The zero-order chi connectivity index (χ0) is 14.7. The molecule has 0 atom stereocenters. The van der Waals surface area contributed by atoms with Gasteiger partial charge in [-0.2, -0.15) is 5.10 Å². The summed E-state index contributed by atoms with van der Waals surface area (Å²) in [6.07, 6.45) is 4.44. The van der Waals surface area contributed by atoms with Gasteiger partial charge in [-0.1, -0.05) is 0 Å². The number of aromatic nitrogens is 3. The minimum Gasteiger partial charge on any atom is -0.346 e. The topological polar surface area (TPSA) is 79.8 Å². The van der Waals surface area contributed by atoms with Crippen molar-refractivity contribution in [1.29, 1.82) is 0 Å². The van der Waals surface area contributed by atoms with E-state index >= 15 is 0 Å². The number of carbonyl (C=O) groups excluding carboxylic acids is 1. The molecule has 0 aromatic carbocycles. The molecule has 23 heavy (non-hydrogen) atoms. The van der Waals surface area contributed by atoms with Crippen LogP contribution in [0.25, 0.3) is 0 Å². The van der Waals surface area contributed by atoms with E-state index in [2.05, 4.69) is 25.8 Å². The Balaban J connectivity index is 0.00000132. The fourth-order valence-electron chi connectivity index (χ4n) is 2.56. The van der Waals surface area contributed by atoms with Gasteiger partial charge < -0.3 is 10.6 Å². The van der Waals surface area contributed by atoms with Gasteiger partial charge in [0, 0.05) is 31.2 Å². The number of halogens is 2. The van der Waals surface area contributed by atoms with E-state index in [4.69, 9.17) is 0 Å². The highest BCUT2D eigenvalue weighted by Crippen LogP contribution is 2.20. The first kappa shape index (κ1) is 19.3. The smallest absolute Gasteiger partial charge is 0.272 e. The third-order valence-corrected chi connectivity index (χ3v) is 3.70. The maximum atomic E-state index is 12.1. The lowest BCUT2D eigenvalue weighted by Gasteiger charge is -2.21. The molecule has 1 amide bonds.